The SMILES string of the molecule is CCS(=O)(=O)C1C=C(C2CN(C)C(=O)c3[nH]ccc32)C2=C(C1)NC(=O)C(C)(C)O2. The van der Waals surface area contributed by atoms with E-state index in [4.69, 9.17) is 4.74 Å². The summed E-state index contributed by atoms with van der Waals surface area (Å²) in [6, 6.07) is 1.84. The van der Waals surface area contributed by atoms with Crippen LogP contribution in [0.5, 0.6) is 0 Å². The number of ether oxygens (including phenoxy) is 1. The van der Waals surface area contributed by atoms with E-state index in [-0.39, 0.29) is 29.9 Å². The van der Waals surface area contributed by atoms with Crippen LogP contribution >= 0.6 is 0 Å². The number of aromatic amines is 1. The second-order valence-electron chi connectivity index (χ2n) is 8.24. The summed E-state index contributed by atoms with van der Waals surface area (Å²) in [5.74, 6) is -0.157. The number of allylic oxidation sites excluding steroid dienone is 2. The molecule has 4 rings (SSSR count). The van der Waals surface area contributed by atoms with Crippen LogP contribution < -0.4 is 5.32 Å². The molecule has 1 aliphatic carbocycles. The maximum absolute atomic E-state index is 12.7. The minimum absolute atomic E-state index is 0.00279. The van der Waals surface area contributed by atoms with Crippen molar-refractivity contribution in [2.75, 3.05) is 19.3 Å². The highest BCUT2D eigenvalue weighted by Gasteiger charge is 2.45. The standard InChI is InChI=1S/C20H25N3O5S/c1-5-29(26,27)11-8-13(17-15(9-11)22-19(25)20(2,3)28-17)14-10-23(4)18(24)16-12(14)6-7-21-16/h6-8,11,14,21H,5,9-10H2,1-4H3,(H,22,25). The topological polar surface area (TPSA) is 109 Å². The normalized spacial score (nSPS) is 26.3. The van der Waals surface area contributed by atoms with Gasteiger partial charge in [-0.25, -0.2) is 8.42 Å². The van der Waals surface area contributed by atoms with Crippen LogP contribution in [0.3, 0.4) is 0 Å². The minimum atomic E-state index is -3.38. The van der Waals surface area contributed by atoms with Gasteiger partial charge < -0.3 is 19.9 Å². The molecule has 2 atom stereocenters. The van der Waals surface area contributed by atoms with Gasteiger partial charge in [-0.15, -0.1) is 0 Å². The Kier molecular flexibility index (Phi) is 4.41. The quantitative estimate of drug-likeness (QED) is 0.771. The Morgan fingerprint density at radius 1 is 1.31 bits per heavy atom. The number of nitrogens with zero attached hydrogens (tertiary/aromatic N) is 1. The van der Waals surface area contributed by atoms with E-state index in [2.05, 4.69) is 10.3 Å². The number of H-pyrrole nitrogens is 1. The van der Waals surface area contributed by atoms with E-state index in [1.165, 1.54) is 0 Å². The van der Waals surface area contributed by atoms with E-state index < -0.39 is 20.7 Å². The summed E-state index contributed by atoms with van der Waals surface area (Å²) < 4.78 is 31.5. The Morgan fingerprint density at radius 3 is 2.72 bits per heavy atom. The highest BCUT2D eigenvalue weighted by Crippen LogP contribution is 2.43. The van der Waals surface area contributed by atoms with Gasteiger partial charge in [0.1, 0.15) is 11.5 Å². The van der Waals surface area contributed by atoms with Gasteiger partial charge in [0.25, 0.3) is 11.8 Å². The van der Waals surface area contributed by atoms with E-state index in [1.54, 1.807) is 45.0 Å². The lowest BCUT2D eigenvalue weighted by Gasteiger charge is -2.40. The van der Waals surface area contributed by atoms with E-state index in [0.717, 1.165) is 5.56 Å². The van der Waals surface area contributed by atoms with Gasteiger partial charge >= 0.3 is 0 Å². The Morgan fingerprint density at radius 2 is 2.03 bits per heavy atom. The smallest absolute Gasteiger partial charge is 0.270 e. The highest BCUT2D eigenvalue weighted by atomic mass is 32.2. The number of amides is 2. The van der Waals surface area contributed by atoms with Crippen LogP contribution in [0.15, 0.2) is 35.4 Å². The Balaban J connectivity index is 1.87. The summed E-state index contributed by atoms with van der Waals surface area (Å²) in [5, 5.41) is 2.11. The molecule has 3 heterocycles. The van der Waals surface area contributed by atoms with Crippen LogP contribution in [-0.4, -0.2) is 60.3 Å². The molecule has 0 saturated heterocycles. The number of rotatable bonds is 3. The van der Waals surface area contributed by atoms with E-state index in [9.17, 15) is 18.0 Å². The zero-order chi connectivity index (χ0) is 21.1. The van der Waals surface area contributed by atoms with Gasteiger partial charge in [0.2, 0.25) is 0 Å². The van der Waals surface area contributed by atoms with Crippen LogP contribution in [0.4, 0.5) is 0 Å². The van der Waals surface area contributed by atoms with E-state index >= 15 is 0 Å². The number of fused-ring (bicyclic) bond motifs is 1. The van der Waals surface area contributed by atoms with E-state index in [1.807, 2.05) is 6.07 Å². The number of hydrogen-bond donors (Lipinski definition) is 2. The Labute approximate surface area is 169 Å². The van der Waals surface area contributed by atoms with Crippen molar-refractivity contribution in [3.8, 4) is 0 Å². The predicted molar refractivity (Wildman–Crippen MR) is 107 cm³/mol. The third-order valence-corrected chi connectivity index (χ3v) is 7.92. The zero-order valence-electron chi connectivity index (χ0n) is 16.9. The van der Waals surface area contributed by atoms with Gasteiger partial charge in [-0.05, 0) is 25.5 Å². The Hall–Kier alpha value is -2.55. The predicted octanol–water partition coefficient (Wildman–Crippen LogP) is 1.45. The molecule has 0 aromatic carbocycles. The number of nitrogens with one attached hydrogen (secondary N) is 2. The number of aromatic nitrogens is 1. The van der Waals surface area contributed by atoms with Crippen molar-refractivity contribution in [3.63, 3.8) is 0 Å². The first kappa shape index (κ1) is 19.8. The fourth-order valence-corrected chi connectivity index (χ4v) is 5.31. The van der Waals surface area contributed by atoms with Gasteiger partial charge in [-0.2, -0.15) is 0 Å². The molecule has 2 unspecified atom stereocenters. The molecule has 1 aromatic heterocycles. The first-order valence-corrected chi connectivity index (χ1v) is 11.4. The van der Waals surface area contributed by atoms with Gasteiger partial charge in [-0.3, -0.25) is 9.59 Å². The summed E-state index contributed by atoms with van der Waals surface area (Å²) in [6.45, 7) is 5.36. The summed E-state index contributed by atoms with van der Waals surface area (Å²) >= 11 is 0. The van der Waals surface area contributed by atoms with Gasteiger partial charge in [-0.1, -0.05) is 13.0 Å². The molecule has 1 aromatic rings. The molecule has 0 saturated carbocycles. The summed E-state index contributed by atoms with van der Waals surface area (Å²) in [5.41, 5.74) is 1.41. The maximum atomic E-state index is 12.7. The molecule has 8 nitrogen and oxygen atoms in total. The summed E-state index contributed by atoms with van der Waals surface area (Å²) in [7, 11) is -1.67. The second kappa shape index (κ2) is 6.48. The largest absolute Gasteiger partial charge is 0.476 e. The fraction of sp³-hybridized carbons (Fsp3) is 0.500. The number of likely N-dealkylation sites (N-methyl/N-ethyl adjacent to an activating group) is 1. The Bertz CT molecular complexity index is 1060. The molecule has 156 valence electrons. The van der Waals surface area contributed by atoms with Crippen molar-refractivity contribution in [1.82, 2.24) is 15.2 Å². The lowest BCUT2D eigenvalue weighted by Crippen LogP contribution is -2.50. The number of carbonyl (C=O) groups excluding carboxylic acids is 2. The van der Waals surface area contributed by atoms with Gasteiger partial charge in [0.15, 0.2) is 15.4 Å². The van der Waals surface area contributed by atoms with Crippen molar-refractivity contribution in [3.05, 3.63) is 46.6 Å². The molecule has 2 N–H and O–H groups in total. The third-order valence-electron chi connectivity index (χ3n) is 5.89. The lowest BCUT2D eigenvalue weighted by atomic mass is 9.82. The molecule has 2 aliphatic heterocycles. The van der Waals surface area contributed by atoms with Crippen molar-refractivity contribution >= 4 is 21.7 Å². The first-order valence-electron chi connectivity index (χ1n) is 9.65. The zero-order valence-corrected chi connectivity index (χ0v) is 17.7. The van der Waals surface area contributed by atoms with Crippen molar-refractivity contribution in [1.29, 1.82) is 0 Å². The van der Waals surface area contributed by atoms with Crippen LogP contribution in [-0.2, 0) is 19.4 Å². The number of carbonyl (C=O) groups is 2. The van der Waals surface area contributed by atoms with Gasteiger partial charge in [0, 0.05) is 43.5 Å². The molecule has 0 bridgehead atoms. The fourth-order valence-electron chi connectivity index (χ4n) is 4.11. The minimum Gasteiger partial charge on any atom is -0.476 e. The van der Waals surface area contributed by atoms with E-state index in [0.29, 0.717) is 29.3 Å². The van der Waals surface area contributed by atoms with Crippen LogP contribution in [0.1, 0.15) is 49.2 Å². The average molecular weight is 420 g/mol. The third kappa shape index (κ3) is 3.08. The maximum Gasteiger partial charge on any atom is 0.270 e. The first-order chi connectivity index (χ1) is 13.5. The molecule has 3 aliphatic rings. The molecule has 0 spiro atoms. The molecular formula is C20H25N3O5S. The van der Waals surface area contributed by atoms with Crippen LogP contribution in [0.25, 0.3) is 0 Å². The highest BCUT2D eigenvalue weighted by molar-refractivity contribution is 7.92. The monoisotopic (exact) mass is 419 g/mol. The van der Waals surface area contributed by atoms with Crippen LogP contribution in [0, 0.1) is 0 Å². The number of sulfone groups is 1. The molecule has 29 heavy (non-hydrogen) atoms. The van der Waals surface area contributed by atoms with Crippen molar-refractivity contribution in [2.45, 2.75) is 44.0 Å². The van der Waals surface area contributed by atoms with Crippen molar-refractivity contribution < 1.29 is 22.7 Å². The summed E-state index contributed by atoms with van der Waals surface area (Å²) in [4.78, 5) is 29.5. The second-order valence-corrected chi connectivity index (χ2v) is 10.7. The average Bonchev–Trinajstić information content (AvgIpc) is 3.15. The molecule has 2 amide bonds. The summed E-state index contributed by atoms with van der Waals surface area (Å²) in [6.07, 6.45) is 3.62. The molecule has 0 fully saturated rings. The van der Waals surface area contributed by atoms with Crippen LogP contribution in [0.2, 0.25) is 0 Å². The molecular weight excluding hydrogens is 394 g/mol. The molecule has 9 heteroatoms. The molecule has 0 radical (unpaired) electrons. The van der Waals surface area contributed by atoms with Crippen molar-refractivity contribution in [2.24, 2.45) is 0 Å². The van der Waals surface area contributed by atoms with Gasteiger partial charge in [0.05, 0.1) is 10.9 Å². The number of hydrogen-bond acceptors (Lipinski definition) is 5. The lowest BCUT2D eigenvalue weighted by molar-refractivity contribution is -0.140.